The number of rotatable bonds is 5. The zero-order chi connectivity index (χ0) is 18.5. The summed E-state index contributed by atoms with van der Waals surface area (Å²) in [5.41, 5.74) is 1.24. The van der Waals surface area contributed by atoms with Crippen molar-refractivity contribution in [3.05, 3.63) is 65.7 Å². The van der Waals surface area contributed by atoms with Crippen LogP contribution in [0.3, 0.4) is 0 Å². The summed E-state index contributed by atoms with van der Waals surface area (Å²) in [4.78, 5) is 14.5. The van der Waals surface area contributed by atoms with E-state index in [2.05, 4.69) is 10.2 Å². The van der Waals surface area contributed by atoms with E-state index in [0.717, 1.165) is 37.9 Å². The lowest BCUT2D eigenvalue weighted by atomic mass is 9.89. The van der Waals surface area contributed by atoms with Crippen LogP contribution in [-0.2, 0) is 11.2 Å². The second kappa shape index (κ2) is 8.41. The van der Waals surface area contributed by atoms with Crippen LogP contribution >= 0.6 is 0 Å². The van der Waals surface area contributed by atoms with Crippen molar-refractivity contribution in [2.24, 2.45) is 5.92 Å². The molecule has 1 fully saturated rings. The number of piperidine rings is 1. The van der Waals surface area contributed by atoms with Crippen LogP contribution in [0.1, 0.15) is 25.3 Å². The number of anilines is 1. The summed E-state index contributed by atoms with van der Waals surface area (Å²) in [6.45, 7) is 3.47. The van der Waals surface area contributed by atoms with Gasteiger partial charge in [0.15, 0.2) is 0 Å². The maximum absolute atomic E-state index is 13.7. The largest absolute Gasteiger partial charge is 0.322 e. The van der Waals surface area contributed by atoms with Gasteiger partial charge >= 0.3 is 0 Å². The summed E-state index contributed by atoms with van der Waals surface area (Å²) in [5, 5.41) is 2.67. The fraction of sp³-hybridized carbons (Fsp3) is 0.381. The predicted octanol–water partition coefficient (Wildman–Crippen LogP) is 4.25. The highest BCUT2D eigenvalue weighted by molar-refractivity contribution is 5.94. The Morgan fingerprint density at radius 3 is 2.58 bits per heavy atom. The Kier molecular flexibility index (Phi) is 5.99. The van der Waals surface area contributed by atoms with Gasteiger partial charge in [-0.05, 0) is 75.0 Å². The molecule has 1 heterocycles. The van der Waals surface area contributed by atoms with Crippen molar-refractivity contribution in [1.82, 2.24) is 4.90 Å². The zero-order valence-corrected chi connectivity index (χ0v) is 14.9. The lowest BCUT2D eigenvalue weighted by Crippen LogP contribution is -2.46. The van der Waals surface area contributed by atoms with Gasteiger partial charge in [0.2, 0.25) is 5.91 Å². The van der Waals surface area contributed by atoms with Gasteiger partial charge in [0.25, 0.3) is 0 Å². The Balaban J connectivity index is 1.51. The summed E-state index contributed by atoms with van der Waals surface area (Å²) in [5.74, 6) is -0.325. The van der Waals surface area contributed by atoms with Gasteiger partial charge in [0.1, 0.15) is 11.6 Å². The molecule has 0 saturated carbocycles. The molecular formula is C21H24F2N2O. The topological polar surface area (TPSA) is 32.3 Å². The fourth-order valence-corrected chi connectivity index (χ4v) is 3.51. The third kappa shape index (κ3) is 4.67. The molecule has 0 bridgehead atoms. The Hall–Kier alpha value is -2.27. The molecule has 1 aliphatic rings. The molecule has 0 aliphatic carbocycles. The lowest BCUT2D eigenvalue weighted by Gasteiger charge is -2.35. The van der Waals surface area contributed by atoms with Crippen LogP contribution in [-0.4, -0.2) is 29.9 Å². The number of hydrogen-bond donors (Lipinski definition) is 1. The van der Waals surface area contributed by atoms with Crippen molar-refractivity contribution in [2.45, 2.75) is 32.2 Å². The van der Waals surface area contributed by atoms with Crippen LogP contribution in [0.15, 0.2) is 48.5 Å². The average Bonchev–Trinajstić information content (AvgIpc) is 2.64. The van der Waals surface area contributed by atoms with Crippen LogP contribution in [0.4, 0.5) is 14.5 Å². The van der Waals surface area contributed by atoms with Crippen molar-refractivity contribution in [3.63, 3.8) is 0 Å². The van der Waals surface area contributed by atoms with Crippen molar-refractivity contribution < 1.29 is 13.6 Å². The highest BCUT2D eigenvalue weighted by Crippen LogP contribution is 2.24. The SMILES string of the molecule is CC(C(=O)Nc1ccccc1F)N1CCC(Cc2cccc(F)c2)CC1. The van der Waals surface area contributed by atoms with Gasteiger partial charge in [-0.1, -0.05) is 24.3 Å². The first-order valence-electron chi connectivity index (χ1n) is 9.07. The van der Waals surface area contributed by atoms with Crippen molar-refractivity contribution in [2.75, 3.05) is 18.4 Å². The van der Waals surface area contributed by atoms with Gasteiger partial charge in [-0.3, -0.25) is 9.69 Å². The van der Waals surface area contributed by atoms with E-state index in [1.807, 2.05) is 13.0 Å². The number of carbonyl (C=O) groups excluding carboxylic acids is 1. The summed E-state index contributed by atoms with van der Waals surface area (Å²) in [6, 6.07) is 12.6. The van der Waals surface area contributed by atoms with E-state index in [0.29, 0.717) is 5.92 Å². The maximum Gasteiger partial charge on any atom is 0.241 e. The molecule has 1 N–H and O–H groups in total. The Morgan fingerprint density at radius 2 is 1.88 bits per heavy atom. The number of carbonyl (C=O) groups is 1. The summed E-state index contributed by atoms with van der Waals surface area (Å²) >= 11 is 0. The molecule has 0 aromatic heterocycles. The van der Waals surface area contributed by atoms with Gasteiger partial charge in [-0.2, -0.15) is 0 Å². The summed E-state index contributed by atoms with van der Waals surface area (Å²) in [6.07, 6.45) is 2.79. The highest BCUT2D eigenvalue weighted by atomic mass is 19.1. The molecule has 2 aromatic carbocycles. The fourth-order valence-electron chi connectivity index (χ4n) is 3.51. The van der Waals surface area contributed by atoms with Gasteiger partial charge in [-0.15, -0.1) is 0 Å². The summed E-state index contributed by atoms with van der Waals surface area (Å²) in [7, 11) is 0. The zero-order valence-electron chi connectivity index (χ0n) is 14.9. The van der Waals surface area contributed by atoms with Gasteiger partial charge < -0.3 is 5.32 Å². The van der Waals surface area contributed by atoms with E-state index in [4.69, 9.17) is 0 Å². The molecule has 3 rings (SSSR count). The molecule has 138 valence electrons. The molecule has 1 saturated heterocycles. The smallest absolute Gasteiger partial charge is 0.241 e. The van der Waals surface area contributed by atoms with E-state index in [1.165, 1.54) is 12.1 Å². The predicted molar refractivity (Wildman–Crippen MR) is 98.9 cm³/mol. The number of nitrogens with one attached hydrogen (secondary N) is 1. The molecule has 26 heavy (non-hydrogen) atoms. The molecule has 3 nitrogen and oxygen atoms in total. The Bertz CT molecular complexity index is 757. The molecular weight excluding hydrogens is 334 g/mol. The molecule has 0 radical (unpaired) electrons. The second-order valence-corrected chi connectivity index (χ2v) is 6.96. The molecule has 1 amide bonds. The lowest BCUT2D eigenvalue weighted by molar-refractivity contribution is -0.121. The van der Waals surface area contributed by atoms with Crippen LogP contribution in [0.2, 0.25) is 0 Å². The van der Waals surface area contributed by atoms with Crippen LogP contribution in [0.5, 0.6) is 0 Å². The second-order valence-electron chi connectivity index (χ2n) is 6.96. The van der Waals surface area contributed by atoms with Crippen LogP contribution in [0, 0.1) is 17.6 Å². The Morgan fingerprint density at radius 1 is 1.15 bits per heavy atom. The molecule has 2 aromatic rings. The first-order valence-corrected chi connectivity index (χ1v) is 9.07. The third-order valence-electron chi connectivity index (χ3n) is 5.12. The van der Waals surface area contributed by atoms with E-state index < -0.39 is 5.82 Å². The number of hydrogen-bond acceptors (Lipinski definition) is 2. The summed E-state index contributed by atoms with van der Waals surface area (Å²) < 4.78 is 27.0. The molecule has 1 atom stereocenters. The number of benzene rings is 2. The first kappa shape index (κ1) is 18.5. The third-order valence-corrected chi connectivity index (χ3v) is 5.12. The van der Waals surface area contributed by atoms with E-state index in [1.54, 1.807) is 30.3 Å². The minimum atomic E-state index is -0.429. The number of nitrogens with zero attached hydrogens (tertiary/aromatic N) is 1. The van der Waals surface area contributed by atoms with Gasteiger partial charge in [0, 0.05) is 0 Å². The number of likely N-dealkylation sites (tertiary alicyclic amines) is 1. The standard InChI is InChI=1S/C21H24F2N2O/c1-15(21(26)24-20-8-3-2-7-19(20)23)25-11-9-16(10-12-25)13-17-5-4-6-18(22)14-17/h2-8,14-16H,9-13H2,1H3,(H,24,26). The molecule has 1 unspecified atom stereocenters. The van der Waals surface area contributed by atoms with E-state index in [9.17, 15) is 13.6 Å². The van der Waals surface area contributed by atoms with Crippen molar-refractivity contribution in [1.29, 1.82) is 0 Å². The van der Waals surface area contributed by atoms with Crippen molar-refractivity contribution in [3.8, 4) is 0 Å². The number of amides is 1. The minimum Gasteiger partial charge on any atom is -0.322 e. The highest BCUT2D eigenvalue weighted by Gasteiger charge is 2.27. The van der Waals surface area contributed by atoms with Crippen LogP contribution < -0.4 is 5.32 Å². The number of para-hydroxylation sites is 1. The van der Waals surface area contributed by atoms with Crippen molar-refractivity contribution >= 4 is 11.6 Å². The van der Waals surface area contributed by atoms with Gasteiger partial charge in [0.05, 0.1) is 11.7 Å². The van der Waals surface area contributed by atoms with Crippen LogP contribution in [0.25, 0.3) is 0 Å². The minimum absolute atomic E-state index is 0.196. The normalized spacial score (nSPS) is 17.0. The maximum atomic E-state index is 13.7. The molecule has 5 heteroatoms. The van der Waals surface area contributed by atoms with E-state index >= 15 is 0 Å². The quantitative estimate of drug-likeness (QED) is 0.867. The molecule has 0 spiro atoms. The Labute approximate surface area is 153 Å². The van der Waals surface area contributed by atoms with E-state index in [-0.39, 0.29) is 23.5 Å². The first-order chi connectivity index (χ1) is 12.5. The molecule has 1 aliphatic heterocycles. The van der Waals surface area contributed by atoms with Gasteiger partial charge in [-0.25, -0.2) is 8.78 Å². The monoisotopic (exact) mass is 358 g/mol. The number of halogens is 2. The average molecular weight is 358 g/mol.